The molecule has 3 N–H and O–H groups in total. The fourth-order valence-electron chi connectivity index (χ4n) is 3.76. The molecule has 0 unspecified atom stereocenters. The van der Waals surface area contributed by atoms with E-state index in [2.05, 4.69) is 48.6 Å². The Morgan fingerprint density at radius 3 is 2.19 bits per heavy atom. The van der Waals surface area contributed by atoms with Gasteiger partial charge in [0.1, 0.15) is 6.04 Å². The van der Waals surface area contributed by atoms with Crippen molar-refractivity contribution >= 4 is 17.5 Å². The van der Waals surface area contributed by atoms with E-state index in [0.717, 1.165) is 11.1 Å². The molecule has 1 atom stereocenters. The molecular weight excluding hydrogens is 398 g/mol. The van der Waals surface area contributed by atoms with Crippen LogP contribution in [0.15, 0.2) is 78.9 Å². The fraction of sp³-hybridized carbons (Fsp3) is 0.259. The Morgan fingerprint density at radius 2 is 1.53 bits per heavy atom. The normalized spacial score (nSPS) is 11.6. The number of hydrogen-bond donors (Lipinski definition) is 2. The molecule has 0 radical (unpaired) electrons. The standard InChI is InChI=1S/C27H31N3O2/c1-4-30(5-2)27(32)23-12-9-13-24(18-23)29-25(31)19-28-26(21-10-7-6-8-11-21)22-16-14-20(3)15-17-22/h6-18,26,28H,4-5,19H2,1-3H3,(H,29,31)/p+1/t26-/m1/s1. The first kappa shape index (κ1) is 23.2. The van der Waals surface area contributed by atoms with Gasteiger partial charge in [-0.05, 0) is 39.0 Å². The number of carbonyl (C=O) groups is 2. The Morgan fingerprint density at radius 1 is 0.875 bits per heavy atom. The first-order valence-electron chi connectivity index (χ1n) is 11.2. The van der Waals surface area contributed by atoms with Gasteiger partial charge in [-0.25, -0.2) is 0 Å². The Bertz CT molecular complexity index is 1030. The van der Waals surface area contributed by atoms with Crippen molar-refractivity contribution in [1.29, 1.82) is 0 Å². The molecule has 0 aliphatic rings. The number of nitrogens with two attached hydrogens (primary N) is 1. The van der Waals surface area contributed by atoms with Crippen LogP contribution in [0.4, 0.5) is 5.69 Å². The lowest BCUT2D eigenvalue weighted by Gasteiger charge is -2.19. The first-order valence-corrected chi connectivity index (χ1v) is 11.2. The van der Waals surface area contributed by atoms with Crippen LogP contribution in [0.25, 0.3) is 0 Å². The maximum atomic E-state index is 12.7. The molecule has 166 valence electrons. The van der Waals surface area contributed by atoms with Gasteiger partial charge in [0.05, 0.1) is 0 Å². The van der Waals surface area contributed by atoms with Gasteiger partial charge in [0, 0.05) is 35.5 Å². The van der Waals surface area contributed by atoms with Gasteiger partial charge in [-0.1, -0.05) is 66.2 Å². The third kappa shape index (κ3) is 6.05. The van der Waals surface area contributed by atoms with Crippen molar-refractivity contribution in [2.75, 3.05) is 25.0 Å². The van der Waals surface area contributed by atoms with Crippen molar-refractivity contribution in [2.24, 2.45) is 0 Å². The van der Waals surface area contributed by atoms with Gasteiger partial charge in [-0.3, -0.25) is 9.59 Å². The lowest BCUT2D eigenvalue weighted by atomic mass is 9.98. The fourth-order valence-corrected chi connectivity index (χ4v) is 3.76. The summed E-state index contributed by atoms with van der Waals surface area (Å²) in [6.07, 6.45) is 0. The molecular formula is C27H32N3O2+. The van der Waals surface area contributed by atoms with Crippen molar-refractivity contribution in [3.05, 3.63) is 101 Å². The van der Waals surface area contributed by atoms with Gasteiger partial charge in [-0.2, -0.15) is 0 Å². The molecule has 0 aromatic heterocycles. The SMILES string of the molecule is CCN(CC)C(=O)c1cccc(NC(=O)C[NH2+][C@H](c2ccccc2)c2ccc(C)cc2)c1. The molecule has 2 amide bonds. The summed E-state index contributed by atoms with van der Waals surface area (Å²) in [5.74, 6) is -0.133. The van der Waals surface area contributed by atoms with Gasteiger partial charge in [-0.15, -0.1) is 0 Å². The Balaban J connectivity index is 1.69. The monoisotopic (exact) mass is 430 g/mol. The van der Waals surface area contributed by atoms with E-state index in [1.54, 1.807) is 23.1 Å². The lowest BCUT2D eigenvalue weighted by Crippen LogP contribution is -2.87. The van der Waals surface area contributed by atoms with Crippen molar-refractivity contribution < 1.29 is 14.9 Å². The van der Waals surface area contributed by atoms with Crippen LogP contribution in [-0.2, 0) is 4.79 Å². The number of nitrogens with one attached hydrogen (secondary N) is 1. The summed E-state index contributed by atoms with van der Waals surface area (Å²) in [6.45, 7) is 7.56. The highest BCUT2D eigenvalue weighted by atomic mass is 16.2. The number of quaternary nitrogens is 1. The molecule has 0 aliphatic carbocycles. The van der Waals surface area contributed by atoms with Crippen LogP contribution < -0.4 is 10.6 Å². The number of nitrogens with zero attached hydrogens (tertiary/aromatic N) is 1. The molecule has 3 rings (SSSR count). The van der Waals surface area contributed by atoms with E-state index >= 15 is 0 Å². The number of aryl methyl sites for hydroxylation is 1. The smallest absolute Gasteiger partial charge is 0.279 e. The van der Waals surface area contributed by atoms with Crippen LogP contribution in [0, 0.1) is 6.92 Å². The molecule has 5 heteroatoms. The first-order chi connectivity index (χ1) is 15.5. The van der Waals surface area contributed by atoms with E-state index in [-0.39, 0.29) is 24.4 Å². The average Bonchev–Trinajstić information content (AvgIpc) is 2.82. The second kappa shape index (κ2) is 11.3. The van der Waals surface area contributed by atoms with Gasteiger partial charge in [0.25, 0.3) is 11.8 Å². The second-order valence-corrected chi connectivity index (χ2v) is 7.85. The molecule has 0 spiro atoms. The highest BCUT2D eigenvalue weighted by molar-refractivity contribution is 5.97. The third-order valence-corrected chi connectivity index (χ3v) is 5.58. The molecule has 0 heterocycles. The highest BCUT2D eigenvalue weighted by Gasteiger charge is 2.19. The van der Waals surface area contributed by atoms with Gasteiger partial charge in [0.2, 0.25) is 0 Å². The van der Waals surface area contributed by atoms with E-state index in [1.165, 1.54) is 5.56 Å². The lowest BCUT2D eigenvalue weighted by molar-refractivity contribution is -0.676. The number of anilines is 1. The van der Waals surface area contributed by atoms with E-state index < -0.39 is 0 Å². The predicted molar refractivity (Wildman–Crippen MR) is 129 cm³/mol. The Hall–Kier alpha value is -3.44. The minimum absolute atomic E-state index is 0.0260. The minimum Gasteiger partial charge on any atom is -0.339 e. The number of amides is 2. The molecule has 32 heavy (non-hydrogen) atoms. The number of hydrogen-bond acceptors (Lipinski definition) is 2. The summed E-state index contributed by atoms with van der Waals surface area (Å²) >= 11 is 0. The molecule has 0 bridgehead atoms. The summed E-state index contributed by atoms with van der Waals surface area (Å²) in [7, 11) is 0. The van der Waals surface area contributed by atoms with Gasteiger partial charge >= 0.3 is 0 Å². The van der Waals surface area contributed by atoms with Crippen LogP contribution in [0.5, 0.6) is 0 Å². The van der Waals surface area contributed by atoms with Crippen LogP contribution in [-0.4, -0.2) is 36.3 Å². The molecule has 0 fully saturated rings. The highest BCUT2D eigenvalue weighted by Crippen LogP contribution is 2.19. The van der Waals surface area contributed by atoms with Crippen molar-refractivity contribution in [2.45, 2.75) is 26.8 Å². The second-order valence-electron chi connectivity index (χ2n) is 7.85. The molecule has 0 saturated carbocycles. The zero-order chi connectivity index (χ0) is 22.9. The summed E-state index contributed by atoms with van der Waals surface area (Å²) in [5, 5.41) is 4.98. The maximum absolute atomic E-state index is 12.7. The Labute approximate surface area is 190 Å². The predicted octanol–water partition coefficient (Wildman–Crippen LogP) is 3.77. The molecule has 3 aromatic rings. The topological polar surface area (TPSA) is 66.0 Å². The maximum Gasteiger partial charge on any atom is 0.279 e. The van der Waals surface area contributed by atoms with E-state index in [0.29, 0.717) is 24.3 Å². The Kier molecular flexibility index (Phi) is 8.17. The van der Waals surface area contributed by atoms with Crippen LogP contribution in [0.2, 0.25) is 0 Å². The van der Waals surface area contributed by atoms with Crippen molar-refractivity contribution in [1.82, 2.24) is 4.90 Å². The van der Waals surface area contributed by atoms with Crippen molar-refractivity contribution in [3.63, 3.8) is 0 Å². The van der Waals surface area contributed by atoms with E-state index in [1.807, 2.05) is 43.4 Å². The summed E-state index contributed by atoms with van der Waals surface area (Å²) in [6, 6.07) is 25.8. The van der Waals surface area contributed by atoms with Crippen LogP contribution in [0.1, 0.15) is 46.9 Å². The number of carbonyl (C=O) groups excluding carboxylic acids is 2. The third-order valence-electron chi connectivity index (χ3n) is 5.58. The minimum atomic E-state index is -0.106. The largest absolute Gasteiger partial charge is 0.339 e. The molecule has 0 saturated heterocycles. The summed E-state index contributed by atoms with van der Waals surface area (Å²) < 4.78 is 0. The van der Waals surface area contributed by atoms with Gasteiger partial charge in [0.15, 0.2) is 6.54 Å². The number of rotatable bonds is 9. The van der Waals surface area contributed by atoms with Gasteiger partial charge < -0.3 is 15.5 Å². The van der Waals surface area contributed by atoms with Crippen LogP contribution in [0.3, 0.4) is 0 Å². The molecule has 5 nitrogen and oxygen atoms in total. The number of benzene rings is 3. The zero-order valence-electron chi connectivity index (χ0n) is 19.0. The van der Waals surface area contributed by atoms with E-state index in [4.69, 9.17) is 0 Å². The summed E-state index contributed by atoms with van der Waals surface area (Å²) in [4.78, 5) is 27.1. The quantitative estimate of drug-likeness (QED) is 0.543. The van der Waals surface area contributed by atoms with E-state index in [9.17, 15) is 9.59 Å². The summed E-state index contributed by atoms with van der Waals surface area (Å²) in [5.41, 5.74) is 4.72. The molecule has 3 aromatic carbocycles. The average molecular weight is 431 g/mol. The van der Waals surface area contributed by atoms with Crippen molar-refractivity contribution in [3.8, 4) is 0 Å². The van der Waals surface area contributed by atoms with Crippen LogP contribution >= 0.6 is 0 Å². The zero-order valence-corrected chi connectivity index (χ0v) is 19.0. The molecule has 0 aliphatic heterocycles.